The fraction of sp³-hybridized carbons (Fsp3) is 0.344. The van der Waals surface area contributed by atoms with Crippen LogP contribution in [-0.4, -0.2) is 49.1 Å². The number of carboxylic acid groups (broad SMARTS) is 1. The molecule has 0 fully saturated rings. The van der Waals surface area contributed by atoms with Crippen LogP contribution in [0.25, 0.3) is 22.3 Å². The molecule has 2 heterocycles. The van der Waals surface area contributed by atoms with Gasteiger partial charge in [-0.2, -0.15) is 5.10 Å². The number of hydrogen-bond acceptors (Lipinski definition) is 6. The van der Waals surface area contributed by atoms with Crippen molar-refractivity contribution >= 4 is 11.9 Å². The Labute approximate surface area is 272 Å². The monoisotopic (exact) mass is 598 g/mol. The van der Waals surface area contributed by atoms with Crippen molar-refractivity contribution in [2.24, 2.45) is 0 Å². The number of aryl methyl sites for hydroxylation is 1. The number of benzene rings is 2. The van der Waals surface area contributed by atoms with Crippen LogP contribution < -0.4 is 40.0 Å². The summed E-state index contributed by atoms with van der Waals surface area (Å²) in [4.78, 5) is 24.9. The number of carbonyl (C=O) groups excluding carboxylic acids is 2. The molecule has 0 bridgehead atoms. The molecule has 0 saturated carbocycles. The third kappa shape index (κ3) is 8.64. The van der Waals surface area contributed by atoms with Crippen molar-refractivity contribution in [3.63, 3.8) is 0 Å². The first-order valence-electron chi connectivity index (χ1n) is 14.0. The number of aliphatic hydroxyl groups is 2. The molecule has 43 heavy (non-hydrogen) atoms. The Morgan fingerprint density at radius 1 is 1.02 bits per heavy atom. The van der Waals surface area contributed by atoms with Gasteiger partial charge in [0.05, 0.1) is 24.4 Å². The second kappa shape index (κ2) is 15.4. The topological polar surface area (TPSA) is 143 Å². The number of carbonyl (C=O) groups is 2. The minimum absolute atomic E-state index is 0. The van der Waals surface area contributed by atoms with Crippen molar-refractivity contribution in [2.45, 2.75) is 71.2 Å². The smallest absolute Gasteiger partial charge is 0.550 e. The molecule has 0 unspecified atom stereocenters. The maximum absolute atomic E-state index is 14.0. The summed E-state index contributed by atoms with van der Waals surface area (Å²) >= 11 is 0. The molecule has 2 aromatic heterocycles. The molecule has 2 atom stereocenters. The second-order valence-electron chi connectivity index (χ2n) is 10.8. The van der Waals surface area contributed by atoms with E-state index in [1.807, 2.05) is 61.7 Å². The average molecular weight is 599 g/mol. The zero-order valence-corrected chi connectivity index (χ0v) is 26.9. The predicted octanol–water partition coefficient (Wildman–Crippen LogP) is 0.692. The van der Waals surface area contributed by atoms with Crippen LogP contribution >= 0.6 is 0 Å². The Morgan fingerprint density at radius 3 is 2.26 bits per heavy atom. The number of H-pyrrole nitrogens is 1. The molecule has 0 radical (unpaired) electrons. The number of aliphatic carboxylic acids is 1. The van der Waals surface area contributed by atoms with Gasteiger partial charge in [0.15, 0.2) is 0 Å². The summed E-state index contributed by atoms with van der Waals surface area (Å²) in [5, 5.41) is 41.7. The molecule has 4 rings (SSSR count). The summed E-state index contributed by atoms with van der Waals surface area (Å²) in [5.74, 6) is -2.10. The van der Waals surface area contributed by atoms with Gasteiger partial charge >= 0.3 is 29.6 Å². The Balaban J connectivity index is 0.00000506. The van der Waals surface area contributed by atoms with Gasteiger partial charge in [0.25, 0.3) is 5.91 Å². The van der Waals surface area contributed by atoms with Crippen LogP contribution in [0, 0.1) is 12.7 Å². The number of halogens is 1. The van der Waals surface area contributed by atoms with E-state index in [2.05, 4.69) is 15.5 Å². The third-order valence-corrected chi connectivity index (χ3v) is 7.08. The van der Waals surface area contributed by atoms with Gasteiger partial charge in [-0.25, -0.2) is 4.39 Å². The first kappa shape index (κ1) is 34.2. The molecule has 222 valence electrons. The normalized spacial score (nSPS) is 12.5. The van der Waals surface area contributed by atoms with Gasteiger partial charge < -0.3 is 30.0 Å². The number of aliphatic hydroxyl groups excluding tert-OH is 2. The van der Waals surface area contributed by atoms with E-state index in [-0.39, 0.29) is 60.9 Å². The van der Waals surface area contributed by atoms with Crippen LogP contribution in [0.5, 0.6) is 0 Å². The average Bonchev–Trinajstić information content (AvgIpc) is 3.52. The number of carboxylic acids is 1. The van der Waals surface area contributed by atoms with E-state index in [1.165, 1.54) is 12.1 Å². The Morgan fingerprint density at radius 2 is 1.67 bits per heavy atom. The summed E-state index contributed by atoms with van der Waals surface area (Å²) in [6.45, 7) is 6.00. The summed E-state index contributed by atoms with van der Waals surface area (Å²) in [5.41, 5.74) is 5.64. The minimum Gasteiger partial charge on any atom is -0.550 e. The molecule has 0 aliphatic heterocycles. The molecule has 4 aromatic rings. The number of nitrogens with zero attached hydrogens (tertiary/aromatic N) is 2. The van der Waals surface area contributed by atoms with Crippen LogP contribution in [0.3, 0.4) is 0 Å². The van der Waals surface area contributed by atoms with Gasteiger partial charge in [-0.1, -0.05) is 42.5 Å². The van der Waals surface area contributed by atoms with Crippen molar-refractivity contribution in [1.82, 2.24) is 20.1 Å². The Hall–Kier alpha value is -3.28. The van der Waals surface area contributed by atoms with Gasteiger partial charge in [-0.15, -0.1) is 0 Å². The van der Waals surface area contributed by atoms with Crippen molar-refractivity contribution in [2.75, 3.05) is 0 Å². The minimum atomic E-state index is -1.39. The van der Waals surface area contributed by atoms with E-state index in [0.29, 0.717) is 28.9 Å². The SMILES string of the molecule is Cc1cc(CNC(=O)c2c(-c3ccccc3)c(-c3ccc(F)cc3)c(CC[C@@H](O)C[C@@H](O)CC(=O)[O-])n2C(C)C)n[nH]1.[Na+]. The standard InChI is InChI=1S/C32H37FN4O5.Na/c1-19(2)37-27(14-13-25(38)16-26(39)17-28(40)41)29(22-9-11-23(33)12-10-22)30(21-7-5-4-6-8-21)31(37)32(42)34-18-24-15-20(3)35-36-24;/h4-12,15,19,25-26,38-39H,13-14,16-18H2,1-3H3,(H,34,42)(H,35,36)(H,40,41);/q;+1/p-1/t25-,26-;/m1./s1. The molecule has 1 amide bonds. The molecular weight excluding hydrogens is 562 g/mol. The van der Waals surface area contributed by atoms with Gasteiger partial charge in [0, 0.05) is 40.9 Å². The van der Waals surface area contributed by atoms with E-state index in [1.54, 1.807) is 12.1 Å². The number of aromatic amines is 1. The Kier molecular flexibility index (Phi) is 12.3. The van der Waals surface area contributed by atoms with E-state index in [9.17, 15) is 29.3 Å². The predicted molar refractivity (Wildman–Crippen MR) is 155 cm³/mol. The van der Waals surface area contributed by atoms with E-state index in [0.717, 1.165) is 22.5 Å². The molecule has 2 aromatic carbocycles. The van der Waals surface area contributed by atoms with Crippen molar-refractivity contribution < 1.29 is 58.9 Å². The van der Waals surface area contributed by atoms with E-state index < -0.39 is 30.4 Å². The number of amides is 1. The van der Waals surface area contributed by atoms with Crippen molar-refractivity contribution in [3.05, 3.63) is 89.3 Å². The van der Waals surface area contributed by atoms with Crippen molar-refractivity contribution in [3.8, 4) is 22.3 Å². The van der Waals surface area contributed by atoms with E-state index in [4.69, 9.17) is 0 Å². The van der Waals surface area contributed by atoms with Gasteiger partial charge in [-0.3, -0.25) is 9.89 Å². The van der Waals surface area contributed by atoms with Crippen LogP contribution in [0.2, 0.25) is 0 Å². The summed E-state index contributed by atoms with van der Waals surface area (Å²) in [7, 11) is 0. The first-order valence-corrected chi connectivity index (χ1v) is 14.0. The summed E-state index contributed by atoms with van der Waals surface area (Å²) in [6, 6.07) is 17.2. The quantitative estimate of drug-likeness (QED) is 0.167. The molecule has 0 saturated heterocycles. The number of hydrogen-bond donors (Lipinski definition) is 4. The number of rotatable bonds is 13. The van der Waals surface area contributed by atoms with Crippen LogP contribution in [-0.2, 0) is 17.8 Å². The maximum Gasteiger partial charge on any atom is 1.00 e. The molecule has 9 nitrogen and oxygen atoms in total. The molecule has 11 heteroatoms. The van der Waals surface area contributed by atoms with Gasteiger partial charge in [0.1, 0.15) is 11.5 Å². The van der Waals surface area contributed by atoms with Crippen LogP contribution in [0.1, 0.15) is 66.7 Å². The number of aromatic nitrogens is 3. The van der Waals surface area contributed by atoms with Crippen LogP contribution in [0.4, 0.5) is 4.39 Å². The largest absolute Gasteiger partial charge is 1.00 e. The fourth-order valence-electron chi connectivity index (χ4n) is 5.32. The summed E-state index contributed by atoms with van der Waals surface area (Å²) < 4.78 is 16.0. The zero-order chi connectivity index (χ0) is 30.4. The Bertz CT molecular complexity index is 1520. The van der Waals surface area contributed by atoms with E-state index >= 15 is 0 Å². The van der Waals surface area contributed by atoms with Gasteiger partial charge in [-0.05, 0) is 69.4 Å². The molecular formula is C32H36FN4NaO5. The molecule has 0 aliphatic rings. The number of nitrogens with one attached hydrogen (secondary N) is 2. The first-order chi connectivity index (χ1) is 20.0. The maximum atomic E-state index is 14.0. The fourth-order valence-corrected chi connectivity index (χ4v) is 5.32. The van der Waals surface area contributed by atoms with Crippen LogP contribution in [0.15, 0.2) is 60.7 Å². The summed E-state index contributed by atoms with van der Waals surface area (Å²) in [6.07, 6.45) is -2.46. The molecule has 0 spiro atoms. The van der Waals surface area contributed by atoms with Gasteiger partial charge in [0.2, 0.25) is 0 Å². The molecule has 4 N–H and O–H groups in total. The third-order valence-electron chi connectivity index (χ3n) is 7.08. The molecule has 0 aliphatic carbocycles. The van der Waals surface area contributed by atoms with Crippen molar-refractivity contribution in [1.29, 1.82) is 0 Å². The zero-order valence-electron chi connectivity index (χ0n) is 24.9. The second-order valence-corrected chi connectivity index (χ2v) is 10.8.